The zero-order valence-electron chi connectivity index (χ0n) is 12.9. The Hall–Kier alpha value is -1.89. The highest BCUT2D eigenvalue weighted by Crippen LogP contribution is 2.37. The summed E-state index contributed by atoms with van der Waals surface area (Å²) in [6.07, 6.45) is -1.18. The summed E-state index contributed by atoms with van der Waals surface area (Å²) in [5.74, 6) is -2.40. The van der Waals surface area contributed by atoms with Gasteiger partial charge in [-0.1, -0.05) is 11.6 Å². The van der Waals surface area contributed by atoms with E-state index in [-0.39, 0.29) is 17.7 Å². The molecule has 0 radical (unpaired) electrons. The summed E-state index contributed by atoms with van der Waals surface area (Å²) < 4.78 is 38.0. The molecule has 0 saturated heterocycles. The summed E-state index contributed by atoms with van der Waals surface area (Å²) in [5.41, 5.74) is -1.26. The van der Waals surface area contributed by atoms with E-state index in [1.54, 1.807) is 20.8 Å². The van der Waals surface area contributed by atoms with Crippen LogP contribution in [0.25, 0.3) is 0 Å². The number of halogens is 3. The van der Waals surface area contributed by atoms with Gasteiger partial charge in [0.05, 0.1) is 5.69 Å². The number of rotatable bonds is 2. The Labute approximate surface area is 137 Å². The van der Waals surface area contributed by atoms with Gasteiger partial charge in [-0.2, -0.15) is 0 Å². The zero-order valence-corrected chi connectivity index (χ0v) is 13.6. The maximum atomic E-state index is 14.1. The molecule has 126 valence electrons. The minimum Gasteiger partial charge on any atom is -0.448 e. The molecule has 1 unspecified atom stereocenters. The van der Waals surface area contributed by atoms with Crippen LogP contribution in [0.4, 0.5) is 19.3 Å². The largest absolute Gasteiger partial charge is 0.448 e. The molecule has 0 aliphatic carbocycles. The third kappa shape index (κ3) is 3.55. The summed E-state index contributed by atoms with van der Waals surface area (Å²) in [5, 5.41) is 0. The standard InChI is InChI=1S/C15H16ClF2NO4/c1-15(2,3)23-14(21)19-11(13(20)22-7-16)6-8-9(17)4-5-10(18)12(8)19/h4-5,11H,6-7H2,1-3H3. The summed E-state index contributed by atoms with van der Waals surface area (Å²) in [7, 11) is 0. The topological polar surface area (TPSA) is 55.8 Å². The fraction of sp³-hybridized carbons (Fsp3) is 0.467. The second-order valence-electron chi connectivity index (χ2n) is 6.00. The van der Waals surface area contributed by atoms with E-state index >= 15 is 0 Å². The number of hydrogen-bond donors (Lipinski definition) is 0. The van der Waals surface area contributed by atoms with Gasteiger partial charge in [0.1, 0.15) is 23.3 Å². The van der Waals surface area contributed by atoms with Crippen LogP contribution in [0, 0.1) is 11.6 Å². The zero-order chi connectivity index (χ0) is 17.4. The summed E-state index contributed by atoms with van der Waals surface area (Å²) in [4.78, 5) is 25.2. The monoisotopic (exact) mass is 347 g/mol. The van der Waals surface area contributed by atoms with Gasteiger partial charge in [0, 0.05) is 12.0 Å². The molecule has 2 rings (SSSR count). The molecule has 1 heterocycles. The number of esters is 1. The van der Waals surface area contributed by atoms with E-state index in [1.165, 1.54) is 0 Å². The lowest BCUT2D eigenvalue weighted by Crippen LogP contribution is -2.46. The normalized spacial score (nSPS) is 17.0. The summed E-state index contributed by atoms with van der Waals surface area (Å²) >= 11 is 5.36. The van der Waals surface area contributed by atoms with Crippen molar-refractivity contribution in [3.8, 4) is 0 Å². The Morgan fingerprint density at radius 2 is 1.91 bits per heavy atom. The highest BCUT2D eigenvalue weighted by atomic mass is 35.5. The smallest absolute Gasteiger partial charge is 0.415 e. The fourth-order valence-electron chi connectivity index (χ4n) is 2.35. The van der Waals surface area contributed by atoms with E-state index in [1.807, 2.05) is 0 Å². The first-order chi connectivity index (χ1) is 10.7. The number of nitrogens with zero attached hydrogens (tertiary/aromatic N) is 1. The number of amides is 1. The van der Waals surface area contributed by atoms with Crippen molar-refractivity contribution in [2.45, 2.75) is 38.8 Å². The van der Waals surface area contributed by atoms with Gasteiger partial charge in [-0.15, -0.1) is 0 Å². The second-order valence-corrected chi connectivity index (χ2v) is 6.22. The molecule has 1 aromatic rings. The highest BCUT2D eigenvalue weighted by molar-refractivity contribution is 6.17. The van der Waals surface area contributed by atoms with Crippen molar-refractivity contribution in [1.29, 1.82) is 0 Å². The van der Waals surface area contributed by atoms with Gasteiger partial charge >= 0.3 is 12.1 Å². The van der Waals surface area contributed by atoms with Crippen LogP contribution in [0.15, 0.2) is 12.1 Å². The molecule has 0 fully saturated rings. The lowest BCUT2D eigenvalue weighted by atomic mass is 10.1. The Morgan fingerprint density at radius 3 is 2.48 bits per heavy atom. The van der Waals surface area contributed by atoms with E-state index in [0.717, 1.165) is 17.0 Å². The second kappa shape index (κ2) is 6.31. The molecular formula is C15H16ClF2NO4. The summed E-state index contributed by atoms with van der Waals surface area (Å²) in [6.45, 7) is 4.86. The van der Waals surface area contributed by atoms with Crippen molar-refractivity contribution in [2.75, 3.05) is 11.0 Å². The van der Waals surface area contributed by atoms with Gasteiger partial charge in [-0.3, -0.25) is 4.90 Å². The van der Waals surface area contributed by atoms with E-state index in [4.69, 9.17) is 16.3 Å². The molecule has 0 saturated carbocycles. The predicted molar refractivity (Wildman–Crippen MR) is 79.4 cm³/mol. The van der Waals surface area contributed by atoms with E-state index in [9.17, 15) is 18.4 Å². The number of benzene rings is 1. The highest BCUT2D eigenvalue weighted by Gasteiger charge is 2.44. The molecule has 1 amide bonds. The van der Waals surface area contributed by atoms with Crippen LogP contribution < -0.4 is 4.90 Å². The van der Waals surface area contributed by atoms with Gasteiger partial charge in [0.25, 0.3) is 0 Å². The van der Waals surface area contributed by atoms with Crippen molar-refractivity contribution in [3.05, 3.63) is 29.3 Å². The molecule has 23 heavy (non-hydrogen) atoms. The molecule has 0 bridgehead atoms. The number of fused-ring (bicyclic) bond motifs is 1. The van der Waals surface area contributed by atoms with Gasteiger partial charge in [0.15, 0.2) is 6.07 Å². The first-order valence-electron chi connectivity index (χ1n) is 6.87. The number of carbonyl (C=O) groups excluding carboxylic acids is 2. The van der Waals surface area contributed by atoms with E-state index in [0.29, 0.717) is 0 Å². The van der Waals surface area contributed by atoms with Gasteiger partial charge < -0.3 is 9.47 Å². The van der Waals surface area contributed by atoms with Crippen molar-refractivity contribution in [1.82, 2.24) is 0 Å². The molecule has 0 aromatic heterocycles. The Bertz CT molecular complexity index is 645. The maximum absolute atomic E-state index is 14.1. The number of hydrogen-bond acceptors (Lipinski definition) is 4. The maximum Gasteiger partial charge on any atom is 0.415 e. The fourth-order valence-corrected chi connectivity index (χ4v) is 2.45. The molecular weight excluding hydrogens is 332 g/mol. The van der Waals surface area contributed by atoms with Crippen molar-refractivity contribution in [3.63, 3.8) is 0 Å². The molecule has 5 nitrogen and oxygen atoms in total. The van der Waals surface area contributed by atoms with Crippen LogP contribution in [0.5, 0.6) is 0 Å². The third-order valence-corrected chi connectivity index (χ3v) is 3.29. The number of ether oxygens (including phenoxy) is 2. The van der Waals surface area contributed by atoms with Gasteiger partial charge in [-0.25, -0.2) is 18.4 Å². The quantitative estimate of drug-likeness (QED) is 0.608. The number of carbonyl (C=O) groups is 2. The van der Waals surface area contributed by atoms with Gasteiger partial charge in [-0.05, 0) is 32.9 Å². The molecule has 8 heteroatoms. The van der Waals surface area contributed by atoms with Crippen LogP contribution in [0.1, 0.15) is 26.3 Å². The molecule has 0 spiro atoms. The SMILES string of the molecule is CC(C)(C)OC(=O)N1c2c(F)ccc(F)c2CC1C(=O)OCCl. The third-order valence-electron chi connectivity index (χ3n) is 3.19. The van der Waals surface area contributed by atoms with Crippen molar-refractivity contribution < 1.29 is 27.8 Å². The Balaban J connectivity index is 2.47. The minimum atomic E-state index is -1.23. The van der Waals surface area contributed by atoms with Crippen LogP contribution in [0.3, 0.4) is 0 Å². The lowest BCUT2D eigenvalue weighted by Gasteiger charge is -2.28. The first-order valence-corrected chi connectivity index (χ1v) is 7.41. The molecule has 1 aromatic carbocycles. The number of anilines is 1. The van der Waals surface area contributed by atoms with Crippen LogP contribution in [-0.2, 0) is 20.7 Å². The number of alkyl halides is 1. The van der Waals surface area contributed by atoms with Crippen molar-refractivity contribution in [2.24, 2.45) is 0 Å². The van der Waals surface area contributed by atoms with E-state index < -0.39 is 41.4 Å². The lowest BCUT2D eigenvalue weighted by molar-refractivity contribution is -0.143. The van der Waals surface area contributed by atoms with Gasteiger partial charge in [0.2, 0.25) is 0 Å². The molecule has 1 aliphatic rings. The van der Waals surface area contributed by atoms with Crippen molar-refractivity contribution >= 4 is 29.4 Å². The average Bonchev–Trinajstić information content (AvgIpc) is 2.83. The molecule has 1 aliphatic heterocycles. The van der Waals surface area contributed by atoms with E-state index in [2.05, 4.69) is 4.74 Å². The molecule has 1 atom stereocenters. The average molecular weight is 348 g/mol. The first kappa shape index (κ1) is 17.5. The Morgan fingerprint density at radius 1 is 1.30 bits per heavy atom. The van der Waals surface area contributed by atoms with Crippen LogP contribution in [0.2, 0.25) is 0 Å². The molecule has 0 N–H and O–H groups in total. The Kier molecular flexibility index (Phi) is 4.79. The van der Waals surface area contributed by atoms with Crippen LogP contribution >= 0.6 is 11.6 Å². The predicted octanol–water partition coefficient (Wildman–Crippen LogP) is 3.37. The van der Waals surface area contributed by atoms with Crippen LogP contribution in [-0.4, -0.2) is 29.8 Å². The minimum absolute atomic E-state index is 0.0765. The summed E-state index contributed by atoms with van der Waals surface area (Å²) in [6, 6.07) is 0.168.